The number of amidine groups is 1. The number of thioether (sulfide) groups is 1. The lowest BCUT2D eigenvalue weighted by Gasteiger charge is -2.29. The maximum Gasteiger partial charge on any atom is 0.457 e. The van der Waals surface area contributed by atoms with Gasteiger partial charge in [-0.3, -0.25) is 15.0 Å². The fourth-order valence-corrected chi connectivity index (χ4v) is 9.64. The van der Waals surface area contributed by atoms with E-state index in [1.165, 1.54) is 0 Å². The van der Waals surface area contributed by atoms with Gasteiger partial charge in [0.2, 0.25) is 5.91 Å². The molecule has 0 saturated carbocycles. The van der Waals surface area contributed by atoms with Crippen LogP contribution in [-0.2, 0) is 14.2 Å². The van der Waals surface area contributed by atoms with E-state index in [1.54, 1.807) is 84.9 Å². The maximum absolute atomic E-state index is 15.0. The number of fused-ring (bicyclic) bond motifs is 1. The van der Waals surface area contributed by atoms with Gasteiger partial charge in [-0.1, -0.05) is 73.5 Å². The Kier molecular flexibility index (Phi) is 13.0. The summed E-state index contributed by atoms with van der Waals surface area (Å²) in [5, 5.41) is 16.9. The molecule has 50 heavy (non-hydrogen) atoms. The second-order valence-corrected chi connectivity index (χ2v) is 15.7. The largest absolute Gasteiger partial charge is 0.457 e. The first kappa shape index (κ1) is 36.9. The number of carbonyl (C=O) groups is 3. The molecule has 3 aromatic rings. The van der Waals surface area contributed by atoms with Crippen molar-refractivity contribution in [2.24, 2.45) is 17.4 Å². The van der Waals surface area contributed by atoms with E-state index in [4.69, 9.17) is 25.9 Å². The van der Waals surface area contributed by atoms with Crippen LogP contribution in [0.5, 0.6) is 11.5 Å². The third-order valence-corrected chi connectivity index (χ3v) is 12.3. The van der Waals surface area contributed by atoms with E-state index >= 15 is 4.57 Å². The van der Waals surface area contributed by atoms with Crippen LogP contribution in [0.3, 0.4) is 0 Å². The molecular formula is C36H45N6O6PS. The molecule has 2 fully saturated rings. The van der Waals surface area contributed by atoms with Crippen LogP contribution >= 0.6 is 19.4 Å². The molecular weight excluding hydrogens is 675 g/mol. The normalized spacial score (nSPS) is 19.4. The van der Waals surface area contributed by atoms with Gasteiger partial charge in [0.25, 0.3) is 0 Å². The Bertz CT molecular complexity index is 1620. The smallest absolute Gasteiger partial charge is 0.414 e. The summed E-state index contributed by atoms with van der Waals surface area (Å²) in [7, 11) is -4.33. The number of carbonyl (C=O) groups excluding carboxylic acids is 3. The van der Waals surface area contributed by atoms with Gasteiger partial charge in [0.15, 0.2) is 5.78 Å². The van der Waals surface area contributed by atoms with E-state index in [2.05, 4.69) is 16.0 Å². The Morgan fingerprint density at radius 1 is 0.920 bits per heavy atom. The summed E-state index contributed by atoms with van der Waals surface area (Å²) in [6, 6.07) is 23.5. The number of rotatable bonds is 19. The van der Waals surface area contributed by atoms with Crippen molar-refractivity contribution in [3.63, 3.8) is 0 Å². The van der Waals surface area contributed by atoms with Crippen molar-refractivity contribution in [1.82, 2.24) is 16.0 Å². The number of nitrogens with one attached hydrogen (secondary N) is 4. The third-order valence-electron chi connectivity index (χ3n) is 8.84. The number of hydrogen-bond acceptors (Lipinski definition) is 9. The van der Waals surface area contributed by atoms with Crippen molar-refractivity contribution in [3.05, 3.63) is 96.1 Å². The summed E-state index contributed by atoms with van der Waals surface area (Å²) in [6.45, 7) is 0.422. The van der Waals surface area contributed by atoms with Gasteiger partial charge in [-0.15, -0.1) is 0 Å². The van der Waals surface area contributed by atoms with E-state index < -0.39 is 25.2 Å². The van der Waals surface area contributed by atoms with E-state index in [1.807, 2.05) is 11.8 Å². The minimum absolute atomic E-state index is 0.0892. The molecule has 2 heterocycles. The summed E-state index contributed by atoms with van der Waals surface area (Å²) in [5.74, 6) is -1.89. The molecule has 0 radical (unpaired) electrons. The van der Waals surface area contributed by atoms with Gasteiger partial charge < -0.3 is 36.5 Å². The van der Waals surface area contributed by atoms with Gasteiger partial charge in [-0.25, -0.2) is 9.36 Å². The fraction of sp³-hybridized carbons (Fsp3) is 0.389. The van der Waals surface area contributed by atoms with Gasteiger partial charge in [0.1, 0.15) is 23.1 Å². The lowest BCUT2D eigenvalue weighted by molar-refractivity contribution is -0.134. The monoisotopic (exact) mass is 720 g/mol. The van der Waals surface area contributed by atoms with Crippen molar-refractivity contribution < 1.29 is 28.0 Å². The van der Waals surface area contributed by atoms with E-state index in [-0.39, 0.29) is 59.3 Å². The van der Waals surface area contributed by atoms with Gasteiger partial charge in [0, 0.05) is 23.0 Å². The molecule has 2 unspecified atom stereocenters. The average molecular weight is 721 g/mol. The van der Waals surface area contributed by atoms with Crippen molar-refractivity contribution in [2.75, 3.05) is 12.3 Å². The predicted molar refractivity (Wildman–Crippen MR) is 195 cm³/mol. The number of hydrogen-bond donors (Lipinski definition) is 6. The van der Waals surface area contributed by atoms with Crippen LogP contribution in [0.4, 0.5) is 4.79 Å². The summed E-state index contributed by atoms with van der Waals surface area (Å²) >= 11 is 1.82. The van der Waals surface area contributed by atoms with Crippen LogP contribution in [0.1, 0.15) is 61.9 Å². The molecule has 5 atom stereocenters. The first-order valence-corrected chi connectivity index (χ1v) is 19.6. The van der Waals surface area contributed by atoms with Gasteiger partial charge >= 0.3 is 13.6 Å². The molecule has 5 rings (SSSR count). The lowest BCUT2D eigenvalue weighted by Crippen LogP contribution is -2.39. The van der Waals surface area contributed by atoms with Crippen LogP contribution < -0.4 is 36.5 Å². The van der Waals surface area contributed by atoms with Crippen molar-refractivity contribution >= 4 is 42.9 Å². The first-order valence-electron chi connectivity index (χ1n) is 16.9. The Balaban J connectivity index is 1.37. The molecule has 0 bridgehead atoms. The molecule has 8 N–H and O–H groups in total. The number of unbranched alkanes of at least 4 members (excludes halogenated alkanes) is 2. The first-order chi connectivity index (χ1) is 24.2. The second kappa shape index (κ2) is 17.6. The number of amides is 3. The standard InChI is InChI=1S/C36H45N6O6PS/c37-22-10-9-15-28(30(43)16-7-8-17-31-32-29(23-50-31)40-36(45)41-32)34(44)42-35(25-20-18-24(19-21-25)33(38)39)49(46,47-26-11-3-1-4-12-26)48-27-13-5-2-6-14-27/h1-6,11-14,18-21,28-29,31-32,35H,7-10,15-17,22-23,37H2,(H3,38,39)(H,42,44)(H2,40,41,45)/t28?,29-,31-,32-,35?/m0/s1. The highest BCUT2D eigenvalue weighted by atomic mass is 32.2. The Morgan fingerprint density at radius 3 is 2.16 bits per heavy atom. The van der Waals surface area contributed by atoms with E-state index in [0.29, 0.717) is 36.9 Å². The number of benzene rings is 3. The second-order valence-electron chi connectivity index (χ2n) is 12.5. The summed E-state index contributed by atoms with van der Waals surface area (Å²) < 4.78 is 27.3. The van der Waals surface area contributed by atoms with Gasteiger partial charge in [-0.05, 0) is 62.1 Å². The number of nitrogens with two attached hydrogens (primary N) is 2. The van der Waals surface area contributed by atoms with Crippen LogP contribution in [0.2, 0.25) is 0 Å². The van der Waals surface area contributed by atoms with Crippen molar-refractivity contribution in [2.45, 2.75) is 68.1 Å². The fourth-order valence-electron chi connectivity index (χ4n) is 6.20. The van der Waals surface area contributed by atoms with Gasteiger partial charge in [-0.2, -0.15) is 11.8 Å². The Labute approximate surface area is 296 Å². The molecule has 0 spiro atoms. The highest BCUT2D eigenvalue weighted by Crippen LogP contribution is 2.59. The molecule has 12 nitrogen and oxygen atoms in total. The number of Topliss-reactive ketones (excluding diaryl/α,β-unsaturated/α-hetero) is 1. The molecule has 14 heteroatoms. The van der Waals surface area contributed by atoms with Crippen molar-refractivity contribution in [3.8, 4) is 11.5 Å². The zero-order chi connectivity index (χ0) is 35.5. The highest BCUT2D eigenvalue weighted by Gasteiger charge is 2.44. The minimum Gasteiger partial charge on any atom is -0.414 e. The number of para-hydroxylation sites is 2. The molecule has 266 valence electrons. The zero-order valence-electron chi connectivity index (χ0n) is 27.8. The summed E-state index contributed by atoms with van der Waals surface area (Å²) in [5.41, 5.74) is 12.3. The Morgan fingerprint density at radius 2 is 1.56 bits per heavy atom. The van der Waals surface area contributed by atoms with E-state index in [9.17, 15) is 14.4 Å². The number of ketones is 1. The molecule has 2 saturated heterocycles. The van der Waals surface area contributed by atoms with E-state index in [0.717, 1.165) is 18.6 Å². The predicted octanol–water partition coefficient (Wildman–Crippen LogP) is 5.48. The highest BCUT2D eigenvalue weighted by molar-refractivity contribution is 8.00. The lowest BCUT2D eigenvalue weighted by atomic mass is 9.92. The molecule has 0 aromatic heterocycles. The zero-order valence-corrected chi connectivity index (χ0v) is 29.5. The molecule has 3 aromatic carbocycles. The number of nitrogen functional groups attached to an aromatic ring is 1. The SMILES string of the molecule is N=C(N)c1ccc(C(NC(=O)C(CCCCN)C(=O)CCCC[C@@H]2SC[C@@H]3NC(=O)N[C@@H]32)P(=O)(Oc2ccccc2)Oc2ccccc2)cc1. The quantitative estimate of drug-likeness (QED) is 0.0232. The van der Waals surface area contributed by atoms with Crippen LogP contribution in [0.15, 0.2) is 84.9 Å². The molecule has 3 amide bonds. The number of urea groups is 1. The van der Waals surface area contributed by atoms with Crippen LogP contribution in [-0.4, -0.2) is 53.2 Å². The minimum atomic E-state index is -4.33. The van der Waals surface area contributed by atoms with Gasteiger partial charge in [0.05, 0.1) is 18.0 Å². The van der Waals surface area contributed by atoms with Crippen molar-refractivity contribution in [1.29, 1.82) is 5.41 Å². The van der Waals surface area contributed by atoms with Crippen LogP contribution in [0.25, 0.3) is 0 Å². The molecule has 2 aliphatic rings. The molecule has 2 aliphatic heterocycles. The molecule has 0 aliphatic carbocycles. The van der Waals surface area contributed by atoms with Crippen LogP contribution in [0, 0.1) is 11.3 Å². The summed E-state index contributed by atoms with van der Waals surface area (Å²) in [4.78, 5) is 39.7. The summed E-state index contributed by atoms with van der Waals surface area (Å²) in [6.07, 6.45) is 3.90. The average Bonchev–Trinajstić information content (AvgIpc) is 3.67. The third kappa shape index (κ3) is 9.68. The topological polar surface area (TPSA) is 199 Å². The Hall–Kier alpha value is -4.32. The maximum atomic E-state index is 15.0.